The van der Waals surface area contributed by atoms with Crippen molar-refractivity contribution in [3.63, 3.8) is 0 Å². The largest absolute Gasteiger partial charge is 0.462 e. The number of urea groups is 2. The van der Waals surface area contributed by atoms with Crippen molar-refractivity contribution in [2.45, 2.75) is 6.92 Å². The summed E-state index contributed by atoms with van der Waals surface area (Å²) >= 11 is 0. The first-order chi connectivity index (χ1) is 7.56. The van der Waals surface area contributed by atoms with Crippen molar-refractivity contribution in [2.24, 2.45) is 10.2 Å². The van der Waals surface area contributed by atoms with Gasteiger partial charge in [0.05, 0.1) is 6.54 Å². The van der Waals surface area contributed by atoms with Crippen LogP contribution in [0, 0.1) is 0 Å². The van der Waals surface area contributed by atoms with Gasteiger partial charge in [-0.25, -0.2) is 24.4 Å². The van der Waals surface area contributed by atoms with Crippen LogP contribution in [0.2, 0.25) is 0 Å². The second kappa shape index (κ2) is 5.05. The number of carboxylic acid groups (broad SMARTS) is 1. The van der Waals surface area contributed by atoms with E-state index in [4.69, 9.17) is 5.11 Å². The zero-order valence-corrected chi connectivity index (χ0v) is 8.58. The Hall–Kier alpha value is -2.19. The molecule has 0 unspecified atom stereocenters. The molecule has 9 nitrogen and oxygen atoms in total. The lowest BCUT2D eigenvalue weighted by atomic mass is 10.6. The lowest BCUT2D eigenvalue weighted by Crippen LogP contribution is -2.46. The van der Waals surface area contributed by atoms with E-state index in [1.165, 1.54) is 0 Å². The van der Waals surface area contributed by atoms with Crippen molar-refractivity contribution in [1.29, 1.82) is 0 Å². The number of azo groups is 1. The molecule has 16 heavy (non-hydrogen) atoms. The molecular weight excluding hydrogens is 218 g/mol. The molecule has 1 fully saturated rings. The summed E-state index contributed by atoms with van der Waals surface area (Å²) in [5, 5.41) is 18.5. The Labute approximate surface area is 90.7 Å². The highest BCUT2D eigenvalue weighted by molar-refractivity contribution is 5.82. The molecule has 0 aromatic heterocycles. The molecule has 9 heteroatoms. The van der Waals surface area contributed by atoms with Crippen LogP contribution in [0.1, 0.15) is 6.92 Å². The molecule has 2 N–H and O–H groups in total. The minimum Gasteiger partial charge on any atom is -0.462 e. The molecule has 88 valence electrons. The molecule has 0 saturated carbocycles. The highest BCUT2D eigenvalue weighted by atomic mass is 16.4. The standard InChI is InChI=1S/C7H11N5O4/c1-2-11(6(14)9-10-7(15)16)12-4-3-8-5(12)13/h2-4H2,1H3,(H,8,13)(H,15,16). The maximum atomic E-state index is 11.4. The van der Waals surface area contributed by atoms with Crippen molar-refractivity contribution < 1.29 is 19.5 Å². The SMILES string of the molecule is CCN(C(=O)N=NC(=O)O)N1CCNC1=O. The van der Waals surface area contributed by atoms with Gasteiger partial charge in [-0.05, 0) is 6.92 Å². The smallest absolute Gasteiger partial charge is 0.450 e. The predicted octanol–water partition coefficient (Wildman–Crippen LogP) is 0.499. The van der Waals surface area contributed by atoms with Gasteiger partial charge in [-0.1, -0.05) is 10.2 Å². The van der Waals surface area contributed by atoms with Crippen LogP contribution in [0.15, 0.2) is 10.2 Å². The minimum absolute atomic E-state index is 0.199. The zero-order chi connectivity index (χ0) is 12.1. The fourth-order valence-corrected chi connectivity index (χ4v) is 1.24. The molecule has 0 atom stereocenters. The summed E-state index contributed by atoms with van der Waals surface area (Å²) in [6.45, 7) is 2.60. The molecule has 0 aromatic rings. The molecule has 0 spiro atoms. The number of hydrazine groups is 1. The summed E-state index contributed by atoms with van der Waals surface area (Å²) in [4.78, 5) is 32.7. The molecule has 1 heterocycles. The monoisotopic (exact) mass is 229 g/mol. The Kier molecular flexibility index (Phi) is 3.75. The van der Waals surface area contributed by atoms with Crippen molar-refractivity contribution in [2.75, 3.05) is 19.6 Å². The van der Waals surface area contributed by atoms with E-state index in [-0.39, 0.29) is 6.54 Å². The Balaban J connectivity index is 2.70. The fourth-order valence-electron chi connectivity index (χ4n) is 1.24. The van der Waals surface area contributed by atoms with Crippen LogP contribution >= 0.6 is 0 Å². The van der Waals surface area contributed by atoms with E-state index in [0.29, 0.717) is 13.1 Å². The number of carbonyl (C=O) groups excluding carboxylic acids is 2. The van der Waals surface area contributed by atoms with Crippen LogP contribution in [-0.2, 0) is 0 Å². The topological polar surface area (TPSA) is 115 Å². The van der Waals surface area contributed by atoms with Crippen molar-refractivity contribution >= 4 is 18.2 Å². The number of hydrogen-bond acceptors (Lipinski definition) is 3. The van der Waals surface area contributed by atoms with Crippen LogP contribution in [0.4, 0.5) is 14.4 Å². The number of rotatable bonds is 2. The van der Waals surface area contributed by atoms with E-state index in [1.807, 2.05) is 0 Å². The van der Waals surface area contributed by atoms with Crippen LogP contribution in [0.3, 0.4) is 0 Å². The average molecular weight is 229 g/mol. The van der Waals surface area contributed by atoms with Crippen LogP contribution in [-0.4, -0.2) is 52.9 Å². The Morgan fingerprint density at radius 3 is 2.69 bits per heavy atom. The quantitative estimate of drug-likeness (QED) is 0.670. The van der Waals surface area contributed by atoms with E-state index in [2.05, 4.69) is 15.5 Å². The summed E-state index contributed by atoms with van der Waals surface area (Å²) in [5.41, 5.74) is 0. The number of hydrogen-bond donors (Lipinski definition) is 2. The average Bonchev–Trinajstić information content (AvgIpc) is 2.63. The first-order valence-electron chi connectivity index (χ1n) is 4.57. The van der Waals surface area contributed by atoms with Crippen LogP contribution < -0.4 is 5.32 Å². The number of amides is 5. The van der Waals surface area contributed by atoms with Crippen molar-refractivity contribution in [3.8, 4) is 0 Å². The van der Waals surface area contributed by atoms with Gasteiger partial charge in [0.25, 0.3) is 0 Å². The third-order valence-electron chi connectivity index (χ3n) is 1.87. The first kappa shape index (κ1) is 11.9. The van der Waals surface area contributed by atoms with Gasteiger partial charge >= 0.3 is 18.2 Å². The zero-order valence-electron chi connectivity index (χ0n) is 8.58. The Morgan fingerprint density at radius 1 is 1.56 bits per heavy atom. The predicted molar refractivity (Wildman–Crippen MR) is 50.8 cm³/mol. The first-order valence-corrected chi connectivity index (χ1v) is 4.57. The number of nitrogens with zero attached hydrogens (tertiary/aromatic N) is 4. The molecule has 1 aliphatic rings. The van der Waals surface area contributed by atoms with Gasteiger partial charge in [-0.15, -0.1) is 0 Å². The normalized spacial score (nSPS) is 15.3. The highest BCUT2D eigenvalue weighted by Crippen LogP contribution is 2.05. The van der Waals surface area contributed by atoms with Crippen LogP contribution in [0.5, 0.6) is 0 Å². The number of carbonyl (C=O) groups is 3. The van der Waals surface area contributed by atoms with Gasteiger partial charge in [-0.2, -0.15) is 0 Å². The second-order valence-corrected chi connectivity index (χ2v) is 2.84. The molecule has 1 saturated heterocycles. The van der Waals surface area contributed by atoms with E-state index in [1.54, 1.807) is 6.92 Å². The van der Waals surface area contributed by atoms with Crippen molar-refractivity contribution in [1.82, 2.24) is 15.3 Å². The Morgan fingerprint density at radius 2 is 2.25 bits per heavy atom. The summed E-state index contributed by atoms with van der Waals surface area (Å²) in [7, 11) is 0. The van der Waals surface area contributed by atoms with Gasteiger partial charge in [-0.3, -0.25) is 0 Å². The van der Waals surface area contributed by atoms with Crippen LogP contribution in [0.25, 0.3) is 0 Å². The fraction of sp³-hybridized carbons (Fsp3) is 0.571. The van der Waals surface area contributed by atoms with Gasteiger partial charge in [0.2, 0.25) is 0 Å². The lowest BCUT2D eigenvalue weighted by molar-refractivity contribution is 0.0729. The summed E-state index contributed by atoms with van der Waals surface area (Å²) in [6, 6.07) is -1.30. The molecule has 0 radical (unpaired) electrons. The summed E-state index contributed by atoms with van der Waals surface area (Å²) in [5.74, 6) is 0. The summed E-state index contributed by atoms with van der Waals surface area (Å²) < 4.78 is 0. The van der Waals surface area contributed by atoms with E-state index in [9.17, 15) is 14.4 Å². The Bertz CT molecular complexity index is 342. The molecule has 5 amide bonds. The molecule has 0 aromatic carbocycles. The lowest BCUT2D eigenvalue weighted by Gasteiger charge is -2.26. The second-order valence-electron chi connectivity index (χ2n) is 2.84. The van der Waals surface area contributed by atoms with Crippen molar-refractivity contribution in [3.05, 3.63) is 0 Å². The van der Waals surface area contributed by atoms with E-state index in [0.717, 1.165) is 10.0 Å². The van der Waals surface area contributed by atoms with Gasteiger partial charge in [0, 0.05) is 13.1 Å². The van der Waals surface area contributed by atoms with Gasteiger partial charge < -0.3 is 10.4 Å². The minimum atomic E-state index is -1.56. The number of nitrogens with one attached hydrogen (secondary N) is 1. The third kappa shape index (κ3) is 2.65. The van der Waals surface area contributed by atoms with Gasteiger partial charge in [0.1, 0.15) is 0 Å². The summed E-state index contributed by atoms with van der Waals surface area (Å²) in [6.07, 6.45) is -1.56. The maximum Gasteiger partial charge on any atom is 0.450 e. The van der Waals surface area contributed by atoms with Gasteiger partial charge in [0.15, 0.2) is 0 Å². The molecule has 0 aliphatic carbocycles. The van der Waals surface area contributed by atoms with E-state index < -0.39 is 18.2 Å². The highest BCUT2D eigenvalue weighted by Gasteiger charge is 2.28. The molecule has 1 rings (SSSR count). The third-order valence-corrected chi connectivity index (χ3v) is 1.87. The maximum absolute atomic E-state index is 11.4. The van der Waals surface area contributed by atoms with E-state index >= 15 is 0 Å². The molecule has 1 aliphatic heterocycles. The molecule has 0 bridgehead atoms. The molecular formula is C7H11N5O4.